The zero-order chi connectivity index (χ0) is 13.1. The Morgan fingerprint density at radius 3 is 2.78 bits per heavy atom. The summed E-state index contributed by atoms with van der Waals surface area (Å²) in [6.45, 7) is 9.32. The van der Waals surface area contributed by atoms with Crippen molar-refractivity contribution >= 4 is 11.3 Å². The first-order valence-corrected chi connectivity index (χ1v) is 7.89. The van der Waals surface area contributed by atoms with Gasteiger partial charge >= 0.3 is 0 Å². The quantitative estimate of drug-likeness (QED) is 0.898. The van der Waals surface area contributed by atoms with E-state index >= 15 is 0 Å². The first kappa shape index (κ1) is 14.0. The summed E-state index contributed by atoms with van der Waals surface area (Å²) in [6.07, 6.45) is 2.72. The SMILES string of the molecule is Cc1ccc(C(C)NC(C)C2CCCN(C)C2)s1. The number of nitrogens with zero attached hydrogens (tertiary/aromatic N) is 1. The Kier molecular flexibility index (Phi) is 4.82. The molecule has 2 nitrogen and oxygen atoms in total. The third-order valence-electron chi connectivity index (χ3n) is 4.07. The summed E-state index contributed by atoms with van der Waals surface area (Å²) < 4.78 is 0. The molecule has 18 heavy (non-hydrogen) atoms. The molecule has 1 N–H and O–H groups in total. The van der Waals surface area contributed by atoms with Gasteiger partial charge in [0.1, 0.15) is 0 Å². The highest BCUT2D eigenvalue weighted by molar-refractivity contribution is 7.12. The van der Waals surface area contributed by atoms with Crippen molar-refractivity contribution in [2.45, 2.75) is 45.7 Å². The summed E-state index contributed by atoms with van der Waals surface area (Å²) >= 11 is 1.91. The molecule has 1 saturated heterocycles. The van der Waals surface area contributed by atoms with Gasteiger partial charge in [0.05, 0.1) is 0 Å². The molecule has 0 aromatic carbocycles. The summed E-state index contributed by atoms with van der Waals surface area (Å²) in [5.41, 5.74) is 0. The molecule has 3 atom stereocenters. The third kappa shape index (κ3) is 3.56. The molecule has 3 unspecified atom stereocenters. The highest BCUT2D eigenvalue weighted by Crippen LogP contribution is 2.25. The van der Waals surface area contributed by atoms with Crippen molar-refractivity contribution in [2.24, 2.45) is 5.92 Å². The molecule has 0 radical (unpaired) electrons. The van der Waals surface area contributed by atoms with Crippen LogP contribution in [-0.2, 0) is 0 Å². The van der Waals surface area contributed by atoms with Gasteiger partial charge in [-0.05, 0) is 65.3 Å². The van der Waals surface area contributed by atoms with Crippen LogP contribution in [0.2, 0.25) is 0 Å². The lowest BCUT2D eigenvalue weighted by Crippen LogP contribution is -2.43. The molecule has 102 valence electrons. The first-order chi connectivity index (χ1) is 8.56. The highest BCUT2D eigenvalue weighted by Gasteiger charge is 2.24. The smallest absolute Gasteiger partial charge is 0.0388 e. The van der Waals surface area contributed by atoms with Gasteiger partial charge in [0, 0.05) is 28.4 Å². The molecule has 0 saturated carbocycles. The monoisotopic (exact) mass is 266 g/mol. The summed E-state index contributed by atoms with van der Waals surface area (Å²) in [6, 6.07) is 5.56. The predicted octanol–water partition coefficient (Wildman–Crippen LogP) is 3.44. The zero-order valence-electron chi connectivity index (χ0n) is 12.1. The molecule has 1 aliphatic rings. The van der Waals surface area contributed by atoms with Crippen molar-refractivity contribution in [3.63, 3.8) is 0 Å². The molecule has 2 heterocycles. The van der Waals surface area contributed by atoms with Crippen LogP contribution in [0.5, 0.6) is 0 Å². The van der Waals surface area contributed by atoms with Gasteiger partial charge in [-0.25, -0.2) is 0 Å². The fourth-order valence-corrected chi connectivity index (χ4v) is 3.80. The molecule has 1 aliphatic heterocycles. The number of aryl methyl sites for hydroxylation is 1. The maximum absolute atomic E-state index is 3.78. The first-order valence-electron chi connectivity index (χ1n) is 7.07. The second-order valence-corrected chi connectivity index (χ2v) is 7.11. The fraction of sp³-hybridized carbons (Fsp3) is 0.733. The Morgan fingerprint density at radius 2 is 2.17 bits per heavy atom. The van der Waals surface area contributed by atoms with E-state index in [1.807, 2.05) is 11.3 Å². The van der Waals surface area contributed by atoms with E-state index in [9.17, 15) is 0 Å². The highest BCUT2D eigenvalue weighted by atomic mass is 32.1. The minimum absolute atomic E-state index is 0.478. The van der Waals surface area contributed by atoms with Crippen LogP contribution >= 0.6 is 11.3 Å². The van der Waals surface area contributed by atoms with Crippen LogP contribution in [-0.4, -0.2) is 31.1 Å². The van der Waals surface area contributed by atoms with Crippen molar-refractivity contribution in [3.8, 4) is 0 Å². The average molecular weight is 266 g/mol. The summed E-state index contributed by atoms with van der Waals surface area (Å²) in [5, 5.41) is 3.78. The average Bonchev–Trinajstić information content (AvgIpc) is 2.76. The van der Waals surface area contributed by atoms with Gasteiger partial charge in [0.25, 0.3) is 0 Å². The number of piperidine rings is 1. The second-order valence-electron chi connectivity index (χ2n) is 5.79. The largest absolute Gasteiger partial charge is 0.307 e. The minimum atomic E-state index is 0.478. The zero-order valence-corrected chi connectivity index (χ0v) is 12.9. The molecule has 2 rings (SSSR count). The molecule has 0 aliphatic carbocycles. The van der Waals surface area contributed by atoms with E-state index in [0.717, 1.165) is 5.92 Å². The normalized spacial score (nSPS) is 25.0. The standard InChI is InChI=1S/C15H26N2S/c1-11-7-8-15(18-11)13(3)16-12(2)14-6-5-9-17(4)10-14/h7-8,12-14,16H,5-6,9-10H2,1-4H3. The lowest BCUT2D eigenvalue weighted by molar-refractivity contribution is 0.174. The Bertz CT molecular complexity index is 374. The van der Waals surface area contributed by atoms with Crippen LogP contribution in [0.25, 0.3) is 0 Å². The van der Waals surface area contributed by atoms with Gasteiger partial charge in [-0.3, -0.25) is 0 Å². The van der Waals surface area contributed by atoms with Crippen molar-refractivity contribution in [1.29, 1.82) is 0 Å². The molecule has 1 fully saturated rings. The second kappa shape index (κ2) is 6.18. The van der Waals surface area contributed by atoms with Crippen molar-refractivity contribution in [2.75, 3.05) is 20.1 Å². The summed E-state index contributed by atoms with van der Waals surface area (Å²) in [4.78, 5) is 5.33. The van der Waals surface area contributed by atoms with Crippen molar-refractivity contribution in [3.05, 3.63) is 21.9 Å². The predicted molar refractivity (Wildman–Crippen MR) is 80.3 cm³/mol. The maximum Gasteiger partial charge on any atom is 0.0388 e. The summed E-state index contributed by atoms with van der Waals surface area (Å²) in [5.74, 6) is 0.798. The number of likely N-dealkylation sites (tertiary alicyclic amines) is 1. The van der Waals surface area contributed by atoms with E-state index in [1.165, 1.54) is 35.7 Å². The molecule has 1 aromatic rings. The molecule has 1 aromatic heterocycles. The molecular formula is C15H26N2S. The van der Waals surface area contributed by atoms with Gasteiger partial charge in [0.15, 0.2) is 0 Å². The molecular weight excluding hydrogens is 240 g/mol. The van der Waals surface area contributed by atoms with E-state index in [4.69, 9.17) is 0 Å². The molecule has 0 amide bonds. The maximum atomic E-state index is 3.78. The fourth-order valence-electron chi connectivity index (χ4n) is 2.91. The van der Waals surface area contributed by atoms with Gasteiger partial charge < -0.3 is 10.2 Å². The number of thiophene rings is 1. The lowest BCUT2D eigenvalue weighted by atomic mass is 9.91. The molecule has 3 heteroatoms. The van der Waals surface area contributed by atoms with Crippen LogP contribution in [0, 0.1) is 12.8 Å². The minimum Gasteiger partial charge on any atom is -0.307 e. The molecule has 0 bridgehead atoms. The van der Waals surface area contributed by atoms with Crippen molar-refractivity contribution in [1.82, 2.24) is 10.2 Å². The number of hydrogen-bond acceptors (Lipinski definition) is 3. The lowest BCUT2D eigenvalue weighted by Gasteiger charge is -2.35. The van der Waals surface area contributed by atoms with Crippen LogP contribution in [0.4, 0.5) is 0 Å². The van der Waals surface area contributed by atoms with E-state index in [0.29, 0.717) is 12.1 Å². The van der Waals surface area contributed by atoms with Crippen LogP contribution in [0.3, 0.4) is 0 Å². The van der Waals surface area contributed by atoms with E-state index in [2.05, 4.69) is 50.2 Å². The Morgan fingerprint density at radius 1 is 1.39 bits per heavy atom. The Labute approximate surface area is 115 Å². The molecule has 0 spiro atoms. The van der Waals surface area contributed by atoms with Crippen LogP contribution in [0.1, 0.15) is 42.5 Å². The van der Waals surface area contributed by atoms with E-state index < -0.39 is 0 Å². The summed E-state index contributed by atoms with van der Waals surface area (Å²) in [7, 11) is 2.24. The van der Waals surface area contributed by atoms with Crippen LogP contribution in [0.15, 0.2) is 12.1 Å². The van der Waals surface area contributed by atoms with E-state index in [1.54, 1.807) is 0 Å². The van der Waals surface area contributed by atoms with E-state index in [-0.39, 0.29) is 0 Å². The van der Waals surface area contributed by atoms with Crippen LogP contribution < -0.4 is 5.32 Å². The van der Waals surface area contributed by atoms with Gasteiger partial charge in [-0.2, -0.15) is 0 Å². The van der Waals surface area contributed by atoms with Gasteiger partial charge in [0.2, 0.25) is 0 Å². The van der Waals surface area contributed by atoms with Gasteiger partial charge in [-0.1, -0.05) is 0 Å². The van der Waals surface area contributed by atoms with Crippen molar-refractivity contribution < 1.29 is 0 Å². The third-order valence-corrected chi connectivity index (χ3v) is 5.25. The Hall–Kier alpha value is -0.380. The topological polar surface area (TPSA) is 15.3 Å². The Balaban J connectivity index is 1.88. The number of rotatable bonds is 4. The number of nitrogens with one attached hydrogen (secondary N) is 1. The number of hydrogen-bond donors (Lipinski definition) is 1. The van der Waals surface area contributed by atoms with Gasteiger partial charge in [-0.15, -0.1) is 11.3 Å².